The van der Waals surface area contributed by atoms with Crippen molar-refractivity contribution in [3.05, 3.63) is 42.2 Å². The predicted molar refractivity (Wildman–Crippen MR) is 91.9 cm³/mol. The zero-order valence-electron chi connectivity index (χ0n) is 14.1. The maximum atomic E-state index is 12.8. The van der Waals surface area contributed by atoms with Crippen LogP contribution in [0, 0.1) is 11.2 Å². The molecule has 0 aliphatic rings. The summed E-state index contributed by atoms with van der Waals surface area (Å²) in [5.41, 5.74) is 0.319. The van der Waals surface area contributed by atoms with Gasteiger partial charge in [-0.1, -0.05) is 13.8 Å². The van der Waals surface area contributed by atoms with Gasteiger partial charge in [0.25, 0.3) is 0 Å². The molecule has 6 heteroatoms. The fourth-order valence-electron chi connectivity index (χ4n) is 2.38. The Hall–Kier alpha value is -2.21. The van der Waals surface area contributed by atoms with E-state index >= 15 is 0 Å². The minimum absolute atomic E-state index is 0.0769. The largest absolute Gasteiger partial charge is 0.396 e. The first-order chi connectivity index (χ1) is 11.4. The van der Waals surface area contributed by atoms with E-state index in [4.69, 9.17) is 5.11 Å². The topological polar surface area (TPSA) is 78.4 Å². The van der Waals surface area contributed by atoms with E-state index < -0.39 is 5.91 Å². The van der Waals surface area contributed by atoms with Gasteiger partial charge in [-0.25, -0.2) is 4.39 Å². The Bertz CT molecular complexity index is 566. The van der Waals surface area contributed by atoms with Crippen molar-refractivity contribution in [1.29, 1.82) is 0 Å². The number of rotatable bonds is 9. The number of carbonyl (C=O) groups is 2. The molecule has 0 aliphatic heterocycles. The summed E-state index contributed by atoms with van der Waals surface area (Å²) >= 11 is 0. The van der Waals surface area contributed by atoms with Crippen LogP contribution in [0.15, 0.2) is 36.4 Å². The molecule has 0 radical (unpaired) electrons. The quantitative estimate of drug-likeness (QED) is 0.607. The van der Waals surface area contributed by atoms with Gasteiger partial charge < -0.3 is 15.7 Å². The van der Waals surface area contributed by atoms with E-state index in [2.05, 4.69) is 10.6 Å². The number of aliphatic hydroxyl groups is 1. The molecule has 132 valence electrons. The molecule has 5 nitrogen and oxygen atoms in total. The Morgan fingerprint density at radius 3 is 2.25 bits per heavy atom. The molecule has 3 N–H and O–H groups in total. The van der Waals surface area contributed by atoms with Crippen molar-refractivity contribution in [3.8, 4) is 0 Å². The van der Waals surface area contributed by atoms with Crippen molar-refractivity contribution in [1.82, 2.24) is 5.32 Å². The van der Waals surface area contributed by atoms with Gasteiger partial charge in [-0.3, -0.25) is 9.59 Å². The molecule has 0 atom stereocenters. The monoisotopic (exact) mass is 336 g/mol. The molecule has 24 heavy (non-hydrogen) atoms. The van der Waals surface area contributed by atoms with Gasteiger partial charge in [-0.15, -0.1) is 0 Å². The Labute approximate surface area is 142 Å². The van der Waals surface area contributed by atoms with Gasteiger partial charge >= 0.3 is 0 Å². The van der Waals surface area contributed by atoms with Gasteiger partial charge in [0, 0.05) is 31.0 Å². The molecule has 1 aromatic rings. The molecule has 0 aromatic heterocycles. The molecular weight excluding hydrogens is 311 g/mol. The van der Waals surface area contributed by atoms with Crippen LogP contribution in [0.2, 0.25) is 0 Å². The van der Waals surface area contributed by atoms with Gasteiger partial charge in [-0.05, 0) is 48.9 Å². The number of halogens is 1. The zero-order valence-corrected chi connectivity index (χ0v) is 14.1. The van der Waals surface area contributed by atoms with Gasteiger partial charge in [0.2, 0.25) is 11.8 Å². The van der Waals surface area contributed by atoms with Crippen LogP contribution in [-0.2, 0) is 9.59 Å². The number of nitrogens with one attached hydrogen (secondary N) is 2. The lowest BCUT2D eigenvalue weighted by atomic mass is 9.79. The number of amides is 2. The van der Waals surface area contributed by atoms with Crippen molar-refractivity contribution in [2.24, 2.45) is 5.41 Å². The number of benzene rings is 1. The summed E-state index contributed by atoms with van der Waals surface area (Å²) < 4.78 is 12.8. The lowest BCUT2D eigenvalue weighted by molar-refractivity contribution is -0.117. The lowest BCUT2D eigenvalue weighted by Gasteiger charge is -2.31. The van der Waals surface area contributed by atoms with Crippen molar-refractivity contribution in [2.45, 2.75) is 33.1 Å². The highest BCUT2D eigenvalue weighted by atomic mass is 19.1. The first-order valence-corrected chi connectivity index (χ1v) is 8.08. The Kier molecular flexibility index (Phi) is 8.12. The first kappa shape index (κ1) is 19.8. The fraction of sp³-hybridized carbons (Fsp3) is 0.444. The smallest absolute Gasteiger partial charge is 0.248 e. The SMILES string of the molecule is CCC(CC)(CCO)CNC(=O)/C=C/C(=O)Nc1ccc(F)cc1. The Balaban J connectivity index is 2.49. The van der Waals surface area contributed by atoms with Crippen LogP contribution in [0.4, 0.5) is 10.1 Å². The zero-order chi connectivity index (χ0) is 18.0. The number of aliphatic hydroxyl groups excluding tert-OH is 1. The number of hydrogen-bond acceptors (Lipinski definition) is 3. The van der Waals surface area contributed by atoms with Crippen LogP contribution in [0.25, 0.3) is 0 Å². The molecule has 2 amide bonds. The van der Waals surface area contributed by atoms with Crippen LogP contribution in [0.1, 0.15) is 33.1 Å². The summed E-state index contributed by atoms with van der Waals surface area (Å²) in [5.74, 6) is -1.22. The van der Waals surface area contributed by atoms with E-state index in [0.29, 0.717) is 18.7 Å². The average Bonchev–Trinajstić information content (AvgIpc) is 2.59. The van der Waals surface area contributed by atoms with E-state index in [1.54, 1.807) is 0 Å². The third-order valence-electron chi connectivity index (χ3n) is 4.28. The van der Waals surface area contributed by atoms with Crippen LogP contribution in [0.3, 0.4) is 0 Å². The molecule has 0 bridgehead atoms. The fourth-order valence-corrected chi connectivity index (χ4v) is 2.38. The predicted octanol–water partition coefficient (Wildman–Crippen LogP) is 2.63. The summed E-state index contributed by atoms with van der Waals surface area (Å²) in [4.78, 5) is 23.6. The van der Waals surface area contributed by atoms with E-state index in [9.17, 15) is 14.0 Å². The lowest BCUT2D eigenvalue weighted by Crippen LogP contribution is -2.37. The second-order valence-corrected chi connectivity index (χ2v) is 5.73. The summed E-state index contributed by atoms with van der Waals surface area (Å²) in [6.45, 7) is 4.57. The molecular formula is C18H25FN2O3. The standard InChI is InChI=1S/C18H25FN2O3/c1-3-18(4-2,11-12-22)13-20-16(23)9-10-17(24)21-15-7-5-14(19)6-8-15/h5-10,22H,3-4,11-13H2,1-2H3,(H,20,23)(H,21,24)/b10-9+. The summed E-state index contributed by atoms with van der Waals surface area (Å²) in [6, 6.07) is 5.35. The highest BCUT2D eigenvalue weighted by molar-refractivity contribution is 6.03. The second kappa shape index (κ2) is 9.82. The van der Waals surface area contributed by atoms with Crippen LogP contribution in [-0.4, -0.2) is 30.1 Å². The molecule has 0 aliphatic carbocycles. The summed E-state index contributed by atoms with van der Waals surface area (Å²) in [6.07, 6.45) is 4.60. The minimum atomic E-state index is -0.468. The van der Waals surface area contributed by atoms with Gasteiger partial charge in [0.05, 0.1) is 0 Å². The average molecular weight is 336 g/mol. The van der Waals surface area contributed by atoms with Crippen LogP contribution in [0.5, 0.6) is 0 Å². The van der Waals surface area contributed by atoms with Gasteiger partial charge in [0.15, 0.2) is 0 Å². The van der Waals surface area contributed by atoms with Crippen molar-refractivity contribution in [3.63, 3.8) is 0 Å². The Morgan fingerprint density at radius 1 is 1.12 bits per heavy atom. The molecule has 1 aromatic carbocycles. The van der Waals surface area contributed by atoms with Gasteiger partial charge in [0.1, 0.15) is 5.82 Å². The highest BCUT2D eigenvalue weighted by Crippen LogP contribution is 2.29. The van der Waals surface area contributed by atoms with E-state index in [0.717, 1.165) is 25.0 Å². The van der Waals surface area contributed by atoms with E-state index in [1.165, 1.54) is 24.3 Å². The summed E-state index contributed by atoms with van der Waals surface area (Å²) in [5, 5.41) is 14.5. The third kappa shape index (κ3) is 6.50. The normalized spacial score (nSPS) is 11.5. The van der Waals surface area contributed by atoms with Crippen molar-refractivity contribution >= 4 is 17.5 Å². The molecule has 0 heterocycles. The third-order valence-corrected chi connectivity index (χ3v) is 4.28. The minimum Gasteiger partial charge on any atom is -0.396 e. The van der Waals surface area contributed by atoms with Gasteiger partial charge in [-0.2, -0.15) is 0 Å². The number of carbonyl (C=O) groups excluding carboxylic acids is 2. The van der Waals surface area contributed by atoms with Crippen LogP contribution < -0.4 is 10.6 Å². The molecule has 0 unspecified atom stereocenters. The van der Waals surface area contributed by atoms with Crippen molar-refractivity contribution in [2.75, 3.05) is 18.5 Å². The maximum Gasteiger partial charge on any atom is 0.248 e. The van der Waals surface area contributed by atoms with E-state index in [1.807, 2.05) is 13.8 Å². The maximum absolute atomic E-state index is 12.8. The van der Waals surface area contributed by atoms with Crippen molar-refractivity contribution < 1.29 is 19.1 Å². The molecule has 0 spiro atoms. The Morgan fingerprint density at radius 2 is 1.71 bits per heavy atom. The molecule has 0 saturated carbocycles. The highest BCUT2D eigenvalue weighted by Gasteiger charge is 2.25. The van der Waals surface area contributed by atoms with Crippen LogP contribution >= 0.6 is 0 Å². The van der Waals surface area contributed by atoms with E-state index in [-0.39, 0.29) is 23.7 Å². The second-order valence-electron chi connectivity index (χ2n) is 5.73. The molecule has 0 fully saturated rings. The summed E-state index contributed by atoms with van der Waals surface area (Å²) in [7, 11) is 0. The first-order valence-electron chi connectivity index (χ1n) is 8.08. The number of anilines is 1. The molecule has 1 rings (SSSR count). The number of hydrogen-bond donors (Lipinski definition) is 3. The molecule has 0 saturated heterocycles.